The number of aryl methyl sites for hydroxylation is 2. The Kier molecular flexibility index (Phi) is 9.64. The molecule has 0 fully saturated rings. The molecule has 0 spiro atoms. The van der Waals surface area contributed by atoms with Gasteiger partial charge in [-0.15, -0.1) is 26.3 Å². The molecule has 0 radical (unpaired) electrons. The molecule has 0 unspecified atom stereocenters. The van der Waals surface area contributed by atoms with Crippen LogP contribution in [0.15, 0.2) is 64.4 Å². The van der Waals surface area contributed by atoms with Crippen molar-refractivity contribution < 1.29 is 61.6 Å². The first kappa shape index (κ1) is 33.2. The maximum atomic E-state index is 13.7. The lowest BCUT2D eigenvalue weighted by Gasteiger charge is -2.17. The molecule has 43 heavy (non-hydrogen) atoms. The number of sulfonamides is 2. The van der Waals surface area contributed by atoms with Crippen LogP contribution in [0.2, 0.25) is 0 Å². The second-order valence-corrected chi connectivity index (χ2v) is 11.6. The fourth-order valence-electron chi connectivity index (χ4n) is 3.39. The summed E-state index contributed by atoms with van der Waals surface area (Å²) in [4.78, 5) is 10.9. The molecule has 1 heterocycles. The Morgan fingerprint density at radius 1 is 0.814 bits per heavy atom. The van der Waals surface area contributed by atoms with Gasteiger partial charge in [-0.05, 0) is 51.1 Å². The monoisotopic (exact) mass is 658 g/mol. The van der Waals surface area contributed by atoms with Crippen LogP contribution in [0, 0.1) is 13.8 Å². The van der Waals surface area contributed by atoms with Crippen LogP contribution in [0.1, 0.15) is 18.3 Å². The van der Waals surface area contributed by atoms with Crippen molar-refractivity contribution >= 4 is 32.0 Å². The van der Waals surface area contributed by atoms with Crippen LogP contribution >= 0.6 is 0 Å². The second-order valence-electron chi connectivity index (χ2n) is 8.19. The number of halogens is 6. The Hall–Kier alpha value is -4.33. The molecule has 2 N–H and O–H groups in total. The van der Waals surface area contributed by atoms with Gasteiger partial charge in [0.1, 0.15) is 16.4 Å². The fourth-order valence-corrected chi connectivity index (χ4v) is 5.95. The topological polar surface area (TPSA) is 149 Å². The van der Waals surface area contributed by atoms with Crippen molar-refractivity contribution in [2.24, 2.45) is 0 Å². The Morgan fingerprint density at radius 2 is 1.28 bits per heavy atom. The number of benzene rings is 2. The van der Waals surface area contributed by atoms with Crippen LogP contribution in [0.4, 0.5) is 32.3 Å². The number of rotatable bonds is 9. The molecule has 0 saturated heterocycles. The summed E-state index contributed by atoms with van der Waals surface area (Å²) in [6.07, 6.45) is -10.6. The highest BCUT2D eigenvalue weighted by Crippen LogP contribution is 2.32. The number of nitrogens with one attached hydrogen (secondary N) is 2. The number of guanidine groups is 1. The van der Waals surface area contributed by atoms with E-state index in [2.05, 4.69) is 24.8 Å². The first-order chi connectivity index (χ1) is 19.8. The van der Waals surface area contributed by atoms with Gasteiger partial charge in [-0.1, -0.05) is 24.3 Å². The Balaban J connectivity index is 2.30. The van der Waals surface area contributed by atoms with E-state index in [-0.39, 0.29) is 4.14 Å². The Morgan fingerprint density at radius 3 is 1.77 bits per heavy atom. The molecule has 12 nitrogen and oxygen atoms in total. The number of nitrogens with zero attached hydrogens (tertiary/aromatic N) is 3. The lowest BCUT2D eigenvalue weighted by molar-refractivity contribution is -0.675. The lowest BCUT2D eigenvalue weighted by Crippen LogP contribution is -2.45. The Labute approximate surface area is 241 Å². The van der Waals surface area contributed by atoms with Crippen molar-refractivity contribution in [1.82, 2.24) is 14.7 Å². The van der Waals surface area contributed by atoms with E-state index < -0.39 is 72.6 Å². The average Bonchev–Trinajstić information content (AvgIpc) is 2.84. The van der Waals surface area contributed by atoms with E-state index in [0.29, 0.717) is 29.6 Å². The Bertz CT molecular complexity index is 1710. The van der Waals surface area contributed by atoms with E-state index in [4.69, 9.17) is 4.84 Å². The predicted octanol–water partition coefficient (Wildman–Crippen LogP) is 3.99. The number of aromatic nitrogens is 2. The first-order valence-corrected chi connectivity index (χ1v) is 14.6. The van der Waals surface area contributed by atoms with E-state index in [1.54, 1.807) is 4.72 Å². The molecule has 2 aromatic carbocycles. The molecule has 0 amide bonds. The number of hydrogen-bond acceptors (Lipinski definition) is 9. The van der Waals surface area contributed by atoms with Crippen molar-refractivity contribution in [2.45, 2.75) is 43.3 Å². The summed E-state index contributed by atoms with van der Waals surface area (Å²) in [6.45, 7) is 3.76. The molecule has 0 bridgehead atoms. The molecular weight excluding hydrogens is 636 g/mol. The van der Waals surface area contributed by atoms with E-state index >= 15 is 0 Å². The molecule has 3 aromatic rings. The average molecular weight is 659 g/mol. The van der Waals surface area contributed by atoms with Crippen LogP contribution in [0.5, 0.6) is 11.5 Å². The number of ether oxygens (including phenoxy) is 2. The largest absolute Gasteiger partial charge is 0.573 e. The zero-order chi connectivity index (χ0) is 32.2. The molecule has 0 aliphatic carbocycles. The van der Waals surface area contributed by atoms with E-state index in [0.717, 1.165) is 30.3 Å². The van der Waals surface area contributed by atoms with E-state index in [1.165, 1.54) is 26.8 Å². The third kappa shape index (κ3) is 8.83. The van der Waals surface area contributed by atoms with Gasteiger partial charge in [0.05, 0.1) is 0 Å². The first-order valence-electron chi connectivity index (χ1n) is 11.7. The van der Waals surface area contributed by atoms with Crippen molar-refractivity contribution in [1.29, 1.82) is 0 Å². The normalized spacial score (nSPS) is 13.1. The van der Waals surface area contributed by atoms with Gasteiger partial charge >= 0.3 is 38.7 Å². The number of para-hydroxylation sites is 2. The highest BCUT2D eigenvalue weighted by atomic mass is 32.2. The summed E-state index contributed by atoms with van der Waals surface area (Å²) < 4.78 is 142. The van der Waals surface area contributed by atoms with Gasteiger partial charge in [-0.3, -0.25) is 0 Å². The van der Waals surface area contributed by atoms with Crippen LogP contribution < -0.4 is 19.5 Å². The molecule has 0 aliphatic rings. The molecule has 0 atom stereocenters. The third-order valence-corrected chi connectivity index (χ3v) is 7.80. The number of anilines is 1. The van der Waals surface area contributed by atoms with Gasteiger partial charge in [0.15, 0.2) is 11.5 Å². The molecule has 1 aromatic heterocycles. The summed E-state index contributed by atoms with van der Waals surface area (Å²) in [5.41, 5.74) is 0.631. The standard InChI is InChI=1S/C23H21F6N5O7S2/c1-4-39-34(43(37,38)19-12-8-6-10-17(19)41-23(27,28)29)21(32-20-30-14(2)13-15(3)31-20)33-42(35,36)18-11-7-5-9-16(18)40-22(24,25)26/h5-13H,4H2,1-3H3,(H,30,31,32,33)/p+1. The SMILES string of the molecule is CCO[N+](=C(Nc1nc(C)cc(C)n1)NS(=O)(=O)c1ccccc1OC(F)(F)F)S(=O)(=O)c1ccccc1OC(F)(F)F. The zero-order valence-electron chi connectivity index (χ0n) is 22.2. The summed E-state index contributed by atoms with van der Waals surface area (Å²) in [6, 6.07) is 8.49. The van der Waals surface area contributed by atoms with E-state index in [9.17, 15) is 43.2 Å². The lowest BCUT2D eigenvalue weighted by atomic mass is 10.3. The minimum atomic E-state index is -5.33. The molecule has 0 saturated carbocycles. The van der Waals surface area contributed by atoms with Crippen LogP contribution in [0.3, 0.4) is 0 Å². The van der Waals surface area contributed by atoms with E-state index in [1.807, 2.05) is 0 Å². The van der Waals surface area contributed by atoms with Crippen molar-refractivity contribution in [3.05, 3.63) is 66.0 Å². The van der Waals surface area contributed by atoms with Crippen molar-refractivity contribution in [3.63, 3.8) is 0 Å². The minimum absolute atomic E-state index is 0.128. The second kappa shape index (κ2) is 12.5. The molecular formula is C23H22F6N5O7S2+. The van der Waals surface area contributed by atoms with Crippen LogP contribution in [0.25, 0.3) is 0 Å². The smallest absolute Gasteiger partial charge is 0.404 e. The summed E-state index contributed by atoms with van der Waals surface area (Å²) in [5, 5.41) is 2.28. The van der Waals surface area contributed by atoms with Gasteiger partial charge in [-0.2, -0.15) is 21.6 Å². The molecule has 0 aliphatic heterocycles. The van der Waals surface area contributed by atoms with Gasteiger partial charge in [-0.25, -0.2) is 15.3 Å². The van der Waals surface area contributed by atoms with Gasteiger partial charge in [0.25, 0.3) is 5.95 Å². The summed E-state index contributed by atoms with van der Waals surface area (Å²) in [5.74, 6) is -3.96. The highest BCUT2D eigenvalue weighted by Gasteiger charge is 2.40. The molecule has 234 valence electrons. The predicted molar refractivity (Wildman–Crippen MR) is 136 cm³/mol. The third-order valence-electron chi connectivity index (χ3n) is 4.81. The van der Waals surface area contributed by atoms with Crippen molar-refractivity contribution in [3.8, 4) is 11.5 Å². The summed E-state index contributed by atoms with van der Waals surface area (Å²) in [7, 11) is -10.5. The van der Waals surface area contributed by atoms with Crippen LogP contribution in [-0.2, 0) is 24.9 Å². The van der Waals surface area contributed by atoms with Gasteiger partial charge in [0.2, 0.25) is 0 Å². The minimum Gasteiger partial charge on any atom is -0.404 e. The number of hydrogen-bond donors (Lipinski definition) is 2. The van der Waals surface area contributed by atoms with Crippen molar-refractivity contribution in [2.75, 3.05) is 11.9 Å². The highest BCUT2D eigenvalue weighted by molar-refractivity contribution is 7.90. The summed E-state index contributed by atoms with van der Waals surface area (Å²) >= 11 is 0. The fraction of sp³-hybridized carbons (Fsp3) is 0.261. The molecule has 3 rings (SSSR count). The molecule has 20 heteroatoms. The van der Waals surface area contributed by atoms with Gasteiger partial charge < -0.3 is 14.3 Å². The van der Waals surface area contributed by atoms with Crippen LogP contribution in [-0.4, -0.2) is 56.2 Å². The quantitative estimate of drug-likeness (QED) is 0.114. The number of alkyl halides is 6. The maximum absolute atomic E-state index is 13.7. The zero-order valence-corrected chi connectivity index (χ0v) is 23.8. The maximum Gasteiger partial charge on any atom is 0.573 e. The van der Waals surface area contributed by atoms with Gasteiger partial charge in [0, 0.05) is 15.5 Å².